The van der Waals surface area contributed by atoms with E-state index in [1.807, 2.05) is 24.3 Å². The number of aliphatic hydroxyl groups is 1. The molecule has 0 saturated heterocycles. The quantitative estimate of drug-likeness (QED) is 0.182. The fraction of sp³-hybridized carbons (Fsp3) is 0.125. The van der Waals surface area contributed by atoms with Gasteiger partial charge in [-0.15, -0.1) is 0 Å². The van der Waals surface area contributed by atoms with Crippen LogP contribution in [0.15, 0.2) is 83.3 Å². The van der Waals surface area contributed by atoms with Crippen LogP contribution >= 0.6 is 0 Å². The Hall–Kier alpha value is -3.85. The van der Waals surface area contributed by atoms with Gasteiger partial charge < -0.3 is 29.8 Å². The minimum atomic E-state index is -0.505. The molecule has 3 aromatic carbocycles. The number of fused-ring (bicyclic) bond motifs is 1. The van der Waals surface area contributed by atoms with Crippen molar-refractivity contribution < 1.29 is 41.9 Å². The van der Waals surface area contributed by atoms with Crippen LogP contribution in [-0.4, -0.2) is 48.5 Å². The van der Waals surface area contributed by atoms with Gasteiger partial charge in [0.05, 0.1) is 37.8 Å². The molecule has 1 heterocycles. The second-order valence-corrected chi connectivity index (χ2v) is 6.18. The first-order valence-electron chi connectivity index (χ1n) is 9.71. The van der Waals surface area contributed by atoms with E-state index in [4.69, 9.17) is 14.6 Å². The Morgan fingerprint density at radius 1 is 0.971 bits per heavy atom. The molecule has 0 spiro atoms. The normalized spacial score (nSPS) is 10.4. The van der Waals surface area contributed by atoms with E-state index >= 15 is 0 Å². The fourth-order valence-electron chi connectivity index (χ4n) is 2.61. The van der Waals surface area contributed by atoms with E-state index in [1.54, 1.807) is 55.9 Å². The molecule has 9 nitrogen and oxygen atoms in total. The van der Waals surface area contributed by atoms with Gasteiger partial charge in [-0.1, -0.05) is 42.1 Å². The van der Waals surface area contributed by atoms with Crippen molar-refractivity contribution in [1.82, 2.24) is 9.97 Å². The van der Waals surface area contributed by atoms with Crippen LogP contribution in [-0.2, 0) is 17.1 Å². The molecule has 0 aliphatic heterocycles. The monoisotopic (exact) mass is 511 g/mol. The second kappa shape index (κ2) is 15.1. The molecule has 10 heteroatoms. The molecular formula is C24H24CuN4O5. The molecule has 4 rings (SSSR count). The fourth-order valence-corrected chi connectivity index (χ4v) is 2.61. The van der Waals surface area contributed by atoms with E-state index in [0.717, 1.165) is 18.1 Å². The zero-order valence-corrected chi connectivity index (χ0v) is 19.7. The molecule has 0 unspecified atom stereocenters. The standard InChI is InChI=1S/C16H16N2O4.C7H6N2.CH4O.Cu/c1-21-13-8-6-11(7-9-13)16(20)18-17-10-12-4-3-5-14(22-2)15(12)19;1-2-4-7-6(3-1)8-5-9-7;1-2;/h3-10,19H,1-2H3,(H,18,20);1-5H,(H,8,9);2H,1H3;/q;;;+2/p-2/b17-10+;;;. The van der Waals surface area contributed by atoms with Crippen LogP contribution in [0.1, 0.15) is 11.1 Å². The van der Waals surface area contributed by atoms with E-state index in [-0.39, 0.29) is 28.6 Å². The summed E-state index contributed by atoms with van der Waals surface area (Å²) in [5.74, 6) is 0.0490. The first kappa shape index (κ1) is 28.2. The van der Waals surface area contributed by atoms with Gasteiger partial charge in [-0.05, 0) is 41.5 Å². The van der Waals surface area contributed by atoms with Gasteiger partial charge >= 0.3 is 17.1 Å². The third-order valence-corrected chi connectivity index (χ3v) is 4.24. The van der Waals surface area contributed by atoms with Crippen molar-refractivity contribution in [3.05, 3.63) is 84.2 Å². The number of aromatic amines is 1. The summed E-state index contributed by atoms with van der Waals surface area (Å²) in [6.45, 7) is 0. The first-order chi connectivity index (χ1) is 16.1. The number of hydrogen-bond acceptors (Lipinski definition) is 8. The molecular weight excluding hydrogens is 488 g/mol. The van der Waals surface area contributed by atoms with Crippen molar-refractivity contribution in [2.45, 2.75) is 0 Å². The van der Waals surface area contributed by atoms with Crippen LogP contribution in [0.3, 0.4) is 0 Å². The van der Waals surface area contributed by atoms with E-state index in [9.17, 15) is 10.2 Å². The molecule has 1 radical (unpaired) electrons. The molecule has 0 saturated carbocycles. The van der Waals surface area contributed by atoms with Gasteiger partial charge in [0.2, 0.25) is 0 Å². The van der Waals surface area contributed by atoms with E-state index in [1.165, 1.54) is 13.3 Å². The van der Waals surface area contributed by atoms with Gasteiger partial charge in [-0.25, -0.2) is 4.98 Å². The smallest absolute Gasteiger partial charge is 0.870 e. The summed E-state index contributed by atoms with van der Waals surface area (Å²) >= 11 is 0. The zero-order valence-electron chi connectivity index (χ0n) is 18.7. The number of imidazole rings is 1. The number of aliphatic hydroxyl groups excluding tert-OH is 1. The number of rotatable bonds is 5. The molecule has 2 N–H and O–H groups in total. The van der Waals surface area contributed by atoms with Gasteiger partial charge in [0.25, 0.3) is 0 Å². The molecule has 0 fully saturated rings. The van der Waals surface area contributed by atoms with Gasteiger partial charge in [0.15, 0.2) is 0 Å². The Kier molecular flexibility index (Phi) is 12.5. The molecule has 0 bridgehead atoms. The number of nitrogens with zero attached hydrogens (tertiary/aromatic N) is 3. The molecule has 1 aromatic heterocycles. The summed E-state index contributed by atoms with van der Waals surface area (Å²) in [4.78, 5) is 7.07. The van der Waals surface area contributed by atoms with E-state index < -0.39 is 5.90 Å². The number of ether oxygens (including phenoxy) is 2. The van der Waals surface area contributed by atoms with Crippen molar-refractivity contribution in [1.29, 1.82) is 0 Å². The van der Waals surface area contributed by atoms with Gasteiger partial charge in [0.1, 0.15) is 11.5 Å². The molecule has 34 heavy (non-hydrogen) atoms. The minimum Gasteiger partial charge on any atom is -0.870 e. The number of para-hydroxylation sites is 3. The van der Waals surface area contributed by atoms with Gasteiger partial charge in [-0.2, -0.15) is 10.2 Å². The van der Waals surface area contributed by atoms with Gasteiger partial charge in [-0.3, -0.25) is 0 Å². The molecule has 0 aliphatic carbocycles. The summed E-state index contributed by atoms with van der Waals surface area (Å²) < 4.78 is 9.93. The summed E-state index contributed by atoms with van der Waals surface area (Å²) in [6.07, 6.45) is 2.93. The van der Waals surface area contributed by atoms with Gasteiger partial charge in [0, 0.05) is 13.0 Å². The Morgan fingerprint density at radius 2 is 1.68 bits per heavy atom. The number of benzene rings is 3. The maximum absolute atomic E-state index is 11.9. The molecule has 0 atom stereocenters. The first-order valence-corrected chi connectivity index (χ1v) is 9.71. The predicted octanol–water partition coefficient (Wildman–Crippen LogP) is 2.09. The van der Waals surface area contributed by atoms with Crippen LogP contribution in [0.2, 0.25) is 0 Å². The predicted molar refractivity (Wildman–Crippen MR) is 124 cm³/mol. The van der Waals surface area contributed by atoms with Crippen LogP contribution in [0.25, 0.3) is 11.0 Å². The van der Waals surface area contributed by atoms with Crippen molar-refractivity contribution in [2.24, 2.45) is 10.2 Å². The second-order valence-electron chi connectivity index (χ2n) is 6.18. The maximum Gasteiger partial charge on any atom is 2.00 e. The zero-order chi connectivity index (χ0) is 24.1. The minimum absolute atomic E-state index is 0. The van der Waals surface area contributed by atoms with Crippen molar-refractivity contribution in [2.75, 3.05) is 21.3 Å². The molecule has 4 aromatic rings. The molecule has 0 amide bonds. The Balaban J connectivity index is 0.000000399. The summed E-state index contributed by atoms with van der Waals surface area (Å²) in [5.41, 5.74) is 2.80. The van der Waals surface area contributed by atoms with Crippen LogP contribution in [0.4, 0.5) is 0 Å². The van der Waals surface area contributed by atoms with Crippen molar-refractivity contribution >= 4 is 23.1 Å². The summed E-state index contributed by atoms with van der Waals surface area (Å²) in [5, 5.41) is 37.9. The molecule has 0 aliphatic rings. The average Bonchev–Trinajstić information content (AvgIpc) is 3.36. The SMILES string of the molecule is CO.COc1ccc(/C([O-])=N/N=C/c2cccc(OC)c2[O-])cc1.[Cu+2].c1ccc2[nH]cnc2c1. The summed E-state index contributed by atoms with van der Waals surface area (Å²) in [6, 6.07) is 19.2. The Labute approximate surface area is 207 Å². The largest absolute Gasteiger partial charge is 2.00 e. The average molecular weight is 512 g/mol. The van der Waals surface area contributed by atoms with E-state index in [0.29, 0.717) is 16.9 Å². The van der Waals surface area contributed by atoms with Crippen molar-refractivity contribution in [3.63, 3.8) is 0 Å². The Morgan fingerprint density at radius 3 is 2.32 bits per heavy atom. The van der Waals surface area contributed by atoms with Crippen LogP contribution in [0, 0.1) is 0 Å². The number of aromatic nitrogens is 2. The topological polar surface area (TPSA) is 138 Å². The third-order valence-electron chi connectivity index (χ3n) is 4.24. The van der Waals surface area contributed by atoms with Crippen LogP contribution in [0.5, 0.6) is 17.2 Å². The van der Waals surface area contributed by atoms with Crippen molar-refractivity contribution in [3.8, 4) is 17.2 Å². The van der Waals surface area contributed by atoms with Crippen LogP contribution < -0.4 is 19.7 Å². The number of nitrogens with one attached hydrogen (secondary N) is 1. The number of methoxy groups -OCH3 is 2. The summed E-state index contributed by atoms with van der Waals surface area (Å²) in [7, 11) is 3.95. The Bertz CT molecular complexity index is 1160. The third kappa shape index (κ3) is 7.93. The molecule has 181 valence electrons. The van der Waals surface area contributed by atoms with E-state index in [2.05, 4.69) is 20.2 Å². The number of H-pyrrole nitrogens is 1. The number of hydrogen-bond donors (Lipinski definition) is 2. The maximum atomic E-state index is 11.9.